The average molecular weight is 208 g/mol. The molecule has 2 nitrogen and oxygen atoms in total. The maximum atomic E-state index is 11.0. The molecule has 74 valence electrons. The molecule has 0 spiro atoms. The molecule has 1 N–H and O–H groups in total. The van der Waals surface area contributed by atoms with Crippen molar-refractivity contribution in [2.75, 3.05) is 0 Å². The molecule has 14 heavy (non-hydrogen) atoms. The van der Waals surface area contributed by atoms with Crippen LogP contribution in [0.2, 0.25) is 0 Å². The summed E-state index contributed by atoms with van der Waals surface area (Å²) < 4.78 is 0. The topological polar surface area (TPSA) is 37.3 Å². The van der Waals surface area contributed by atoms with E-state index in [1.807, 2.05) is 30.3 Å². The van der Waals surface area contributed by atoms with E-state index >= 15 is 0 Å². The molecule has 0 bridgehead atoms. The van der Waals surface area contributed by atoms with Crippen molar-refractivity contribution in [3.8, 4) is 0 Å². The normalized spacial score (nSPS) is 12.1. The van der Waals surface area contributed by atoms with Gasteiger partial charge in [0.15, 0.2) is 0 Å². The third-order valence-corrected chi connectivity index (χ3v) is 2.16. The van der Waals surface area contributed by atoms with E-state index < -0.39 is 11.9 Å². The van der Waals surface area contributed by atoms with Crippen molar-refractivity contribution in [2.24, 2.45) is 0 Å². The summed E-state index contributed by atoms with van der Waals surface area (Å²) in [6, 6.07) is 9.18. The number of rotatable bonds is 4. The Kier molecular flexibility index (Phi) is 3.77. The zero-order valence-electron chi connectivity index (χ0n) is 7.93. The number of hydrogen-bond donors (Lipinski definition) is 1. The highest BCUT2D eigenvalue weighted by atomic mass is 32.1. The molecule has 1 aromatic rings. The van der Waals surface area contributed by atoms with Gasteiger partial charge >= 0.3 is 5.97 Å². The van der Waals surface area contributed by atoms with E-state index in [1.54, 1.807) is 6.92 Å². The molecule has 3 heteroatoms. The highest BCUT2D eigenvalue weighted by Gasteiger charge is 2.19. The number of hydrogen-bond acceptors (Lipinski definition) is 2. The van der Waals surface area contributed by atoms with Crippen molar-refractivity contribution in [3.05, 3.63) is 35.9 Å². The SMILES string of the molecule is CC(=S)CC(C(=O)O)c1ccccc1. The van der Waals surface area contributed by atoms with E-state index in [0.29, 0.717) is 6.42 Å². The lowest BCUT2D eigenvalue weighted by Crippen LogP contribution is -2.13. The molecule has 0 fully saturated rings. The van der Waals surface area contributed by atoms with Gasteiger partial charge in [-0.3, -0.25) is 4.79 Å². The number of carboxylic acid groups (broad SMARTS) is 1. The van der Waals surface area contributed by atoms with Gasteiger partial charge < -0.3 is 5.11 Å². The van der Waals surface area contributed by atoms with E-state index in [0.717, 1.165) is 10.4 Å². The van der Waals surface area contributed by atoms with Crippen molar-refractivity contribution in [1.29, 1.82) is 0 Å². The molecule has 0 saturated heterocycles. The second-order valence-corrected chi connectivity index (χ2v) is 3.90. The summed E-state index contributed by atoms with van der Waals surface area (Å²) in [6.45, 7) is 1.77. The highest BCUT2D eigenvalue weighted by molar-refractivity contribution is 7.80. The Bertz CT molecular complexity index is 332. The van der Waals surface area contributed by atoms with Crippen LogP contribution in [0.4, 0.5) is 0 Å². The Morgan fingerprint density at radius 1 is 1.43 bits per heavy atom. The van der Waals surface area contributed by atoms with Gasteiger partial charge in [-0.2, -0.15) is 0 Å². The standard InChI is InChI=1S/C11H12O2S/c1-8(14)7-10(11(12)13)9-5-3-2-4-6-9/h2-6,10H,7H2,1H3,(H,12,13). The van der Waals surface area contributed by atoms with Crippen LogP contribution < -0.4 is 0 Å². The fourth-order valence-electron chi connectivity index (χ4n) is 1.32. The Hall–Kier alpha value is -1.22. The lowest BCUT2D eigenvalue weighted by Gasteiger charge is -2.11. The number of benzene rings is 1. The van der Waals surface area contributed by atoms with E-state index in [1.165, 1.54) is 0 Å². The zero-order valence-corrected chi connectivity index (χ0v) is 8.75. The van der Waals surface area contributed by atoms with Crippen LogP contribution in [0.3, 0.4) is 0 Å². The van der Waals surface area contributed by atoms with Crippen LogP contribution in [0.1, 0.15) is 24.8 Å². The lowest BCUT2D eigenvalue weighted by atomic mass is 9.95. The number of thiocarbonyl (C=S) groups is 1. The summed E-state index contributed by atoms with van der Waals surface area (Å²) in [6.07, 6.45) is 0.425. The van der Waals surface area contributed by atoms with Gasteiger partial charge in [-0.05, 0) is 23.8 Å². The molecule has 0 radical (unpaired) electrons. The summed E-state index contributed by atoms with van der Waals surface area (Å²) in [7, 11) is 0. The minimum absolute atomic E-state index is 0.425. The van der Waals surface area contributed by atoms with E-state index in [9.17, 15) is 4.79 Å². The van der Waals surface area contributed by atoms with Gasteiger partial charge in [0.05, 0.1) is 5.92 Å². The zero-order chi connectivity index (χ0) is 10.6. The Morgan fingerprint density at radius 3 is 2.43 bits per heavy atom. The summed E-state index contributed by atoms with van der Waals surface area (Å²) >= 11 is 4.93. The maximum Gasteiger partial charge on any atom is 0.311 e. The first-order chi connectivity index (χ1) is 6.61. The Balaban J connectivity index is 2.89. The number of aliphatic carboxylic acids is 1. The first-order valence-corrected chi connectivity index (χ1v) is 4.79. The van der Waals surface area contributed by atoms with Gasteiger partial charge in [-0.1, -0.05) is 42.5 Å². The monoisotopic (exact) mass is 208 g/mol. The molecule has 0 heterocycles. The van der Waals surface area contributed by atoms with Crippen LogP contribution in [-0.4, -0.2) is 15.9 Å². The Labute approximate surface area is 88.6 Å². The van der Waals surface area contributed by atoms with Gasteiger partial charge in [0.25, 0.3) is 0 Å². The smallest absolute Gasteiger partial charge is 0.311 e. The minimum Gasteiger partial charge on any atom is -0.481 e. The molecule has 1 aromatic carbocycles. The third-order valence-electron chi connectivity index (χ3n) is 1.99. The molecule has 0 amide bonds. The largest absolute Gasteiger partial charge is 0.481 e. The third kappa shape index (κ3) is 2.92. The van der Waals surface area contributed by atoms with Crippen LogP contribution in [0, 0.1) is 0 Å². The van der Waals surface area contributed by atoms with Gasteiger partial charge in [-0.15, -0.1) is 0 Å². The fourth-order valence-corrected chi connectivity index (χ4v) is 1.49. The second kappa shape index (κ2) is 4.86. The quantitative estimate of drug-likeness (QED) is 0.773. The van der Waals surface area contributed by atoms with Crippen molar-refractivity contribution in [1.82, 2.24) is 0 Å². The molecule has 0 aliphatic rings. The van der Waals surface area contributed by atoms with Crippen LogP contribution in [0.5, 0.6) is 0 Å². The molecular weight excluding hydrogens is 196 g/mol. The molecule has 0 saturated carbocycles. The van der Waals surface area contributed by atoms with Gasteiger partial charge in [0.1, 0.15) is 0 Å². The summed E-state index contributed by atoms with van der Waals surface area (Å²) in [5.74, 6) is -1.32. The van der Waals surface area contributed by atoms with Crippen LogP contribution >= 0.6 is 12.2 Å². The summed E-state index contributed by atoms with van der Waals surface area (Å²) in [5.41, 5.74) is 0.809. The number of carboxylic acids is 1. The Morgan fingerprint density at radius 2 is 2.00 bits per heavy atom. The lowest BCUT2D eigenvalue weighted by molar-refractivity contribution is -0.138. The van der Waals surface area contributed by atoms with E-state index in [-0.39, 0.29) is 0 Å². The van der Waals surface area contributed by atoms with Crippen LogP contribution in [0.25, 0.3) is 0 Å². The van der Waals surface area contributed by atoms with Gasteiger partial charge in [0.2, 0.25) is 0 Å². The van der Waals surface area contributed by atoms with Crippen LogP contribution in [0.15, 0.2) is 30.3 Å². The van der Waals surface area contributed by atoms with Crippen molar-refractivity contribution >= 4 is 23.1 Å². The average Bonchev–Trinajstić information content (AvgIpc) is 2.15. The fraction of sp³-hybridized carbons (Fsp3) is 0.273. The minimum atomic E-state index is -0.819. The second-order valence-electron chi connectivity index (χ2n) is 3.21. The van der Waals surface area contributed by atoms with Gasteiger partial charge in [-0.25, -0.2) is 0 Å². The molecule has 0 aliphatic heterocycles. The summed E-state index contributed by atoms with van der Waals surface area (Å²) in [4.78, 5) is 11.7. The molecule has 0 aromatic heterocycles. The van der Waals surface area contributed by atoms with E-state index in [2.05, 4.69) is 0 Å². The maximum absolute atomic E-state index is 11.0. The molecule has 1 unspecified atom stereocenters. The van der Waals surface area contributed by atoms with Crippen molar-refractivity contribution in [2.45, 2.75) is 19.3 Å². The summed E-state index contributed by atoms with van der Waals surface area (Å²) in [5, 5.41) is 9.02. The van der Waals surface area contributed by atoms with Crippen LogP contribution in [-0.2, 0) is 4.79 Å². The van der Waals surface area contributed by atoms with Crippen molar-refractivity contribution in [3.63, 3.8) is 0 Å². The molecule has 1 rings (SSSR count). The predicted molar refractivity (Wildman–Crippen MR) is 59.7 cm³/mol. The van der Waals surface area contributed by atoms with Gasteiger partial charge in [0, 0.05) is 0 Å². The molecule has 1 atom stereocenters. The van der Waals surface area contributed by atoms with Crippen molar-refractivity contribution < 1.29 is 9.90 Å². The highest BCUT2D eigenvalue weighted by Crippen LogP contribution is 2.20. The molecule has 0 aliphatic carbocycles. The predicted octanol–water partition coefficient (Wildman–Crippen LogP) is 2.63. The number of carbonyl (C=O) groups is 1. The molecular formula is C11H12O2S. The first-order valence-electron chi connectivity index (χ1n) is 4.38. The first kappa shape index (κ1) is 10.9. The van der Waals surface area contributed by atoms with E-state index in [4.69, 9.17) is 17.3 Å².